The molecular weight excluding hydrogens is 316 g/mol. The van der Waals surface area contributed by atoms with Gasteiger partial charge in [-0.25, -0.2) is 4.79 Å². The molecular formula is C20H22N2O3. The SMILES string of the molecule is CCc1c(C#N)c(-c2ccc(C(=O)C(C)(C)C)cc2)c(C(=O)O)n1C. The first kappa shape index (κ1) is 18.5. The van der Waals surface area contributed by atoms with Crippen molar-refractivity contribution >= 4 is 11.8 Å². The lowest BCUT2D eigenvalue weighted by atomic mass is 9.86. The summed E-state index contributed by atoms with van der Waals surface area (Å²) in [5.41, 5.74) is 2.25. The molecule has 0 aliphatic heterocycles. The maximum absolute atomic E-state index is 12.4. The molecule has 130 valence electrons. The van der Waals surface area contributed by atoms with E-state index in [2.05, 4.69) is 6.07 Å². The Morgan fingerprint density at radius 3 is 2.16 bits per heavy atom. The highest BCUT2D eigenvalue weighted by Crippen LogP contribution is 2.33. The zero-order chi connectivity index (χ0) is 18.9. The highest BCUT2D eigenvalue weighted by Gasteiger charge is 2.26. The summed E-state index contributed by atoms with van der Waals surface area (Å²) in [6, 6.07) is 8.94. The van der Waals surface area contributed by atoms with Gasteiger partial charge in [0.2, 0.25) is 0 Å². The number of aromatic carboxylic acids is 1. The van der Waals surface area contributed by atoms with Crippen molar-refractivity contribution in [1.29, 1.82) is 5.26 Å². The number of carbonyl (C=O) groups excluding carboxylic acids is 1. The first-order valence-electron chi connectivity index (χ1n) is 8.13. The molecule has 0 atom stereocenters. The Labute approximate surface area is 147 Å². The summed E-state index contributed by atoms with van der Waals surface area (Å²) < 4.78 is 1.56. The van der Waals surface area contributed by atoms with Crippen LogP contribution >= 0.6 is 0 Å². The van der Waals surface area contributed by atoms with Crippen molar-refractivity contribution in [1.82, 2.24) is 4.57 Å². The summed E-state index contributed by atoms with van der Waals surface area (Å²) in [4.78, 5) is 24.1. The number of ketones is 1. The van der Waals surface area contributed by atoms with Crippen LogP contribution in [0.4, 0.5) is 0 Å². The van der Waals surface area contributed by atoms with E-state index in [9.17, 15) is 20.0 Å². The molecule has 0 saturated carbocycles. The van der Waals surface area contributed by atoms with E-state index >= 15 is 0 Å². The predicted molar refractivity (Wildman–Crippen MR) is 95.7 cm³/mol. The van der Waals surface area contributed by atoms with Gasteiger partial charge in [0, 0.05) is 29.3 Å². The first-order valence-corrected chi connectivity index (χ1v) is 8.13. The highest BCUT2D eigenvalue weighted by atomic mass is 16.4. The van der Waals surface area contributed by atoms with Crippen LogP contribution in [0.2, 0.25) is 0 Å². The molecule has 0 aliphatic carbocycles. The Morgan fingerprint density at radius 1 is 1.20 bits per heavy atom. The van der Waals surface area contributed by atoms with Crippen LogP contribution in [0.15, 0.2) is 24.3 Å². The number of hydrogen-bond donors (Lipinski definition) is 1. The Kier molecular flexibility index (Phi) is 4.85. The lowest BCUT2D eigenvalue weighted by Crippen LogP contribution is -2.19. The molecule has 5 heteroatoms. The van der Waals surface area contributed by atoms with Gasteiger partial charge in [0.25, 0.3) is 0 Å². The fraction of sp³-hybridized carbons (Fsp3) is 0.350. The minimum Gasteiger partial charge on any atom is -0.477 e. The Bertz CT molecular complexity index is 876. The quantitative estimate of drug-likeness (QED) is 0.852. The number of carbonyl (C=O) groups is 2. The maximum Gasteiger partial charge on any atom is 0.353 e. The number of nitrogens with zero attached hydrogens (tertiary/aromatic N) is 2. The predicted octanol–water partition coefficient (Wildman–Crippen LogP) is 4.05. The average molecular weight is 338 g/mol. The minimum absolute atomic E-state index is 0.0142. The van der Waals surface area contributed by atoms with Crippen LogP contribution in [0.5, 0.6) is 0 Å². The van der Waals surface area contributed by atoms with E-state index < -0.39 is 11.4 Å². The van der Waals surface area contributed by atoms with Gasteiger partial charge in [-0.2, -0.15) is 5.26 Å². The van der Waals surface area contributed by atoms with Crippen molar-refractivity contribution in [2.75, 3.05) is 0 Å². The second-order valence-electron chi connectivity index (χ2n) is 7.03. The van der Waals surface area contributed by atoms with Gasteiger partial charge in [0.15, 0.2) is 5.78 Å². The van der Waals surface area contributed by atoms with Gasteiger partial charge in [0.05, 0.1) is 5.56 Å². The van der Waals surface area contributed by atoms with E-state index in [1.807, 2.05) is 27.7 Å². The van der Waals surface area contributed by atoms with Gasteiger partial charge >= 0.3 is 5.97 Å². The normalized spacial score (nSPS) is 11.2. The van der Waals surface area contributed by atoms with Gasteiger partial charge in [-0.3, -0.25) is 4.79 Å². The third-order valence-electron chi connectivity index (χ3n) is 4.28. The molecule has 2 aromatic rings. The van der Waals surface area contributed by atoms with Crippen molar-refractivity contribution in [3.05, 3.63) is 46.8 Å². The zero-order valence-corrected chi connectivity index (χ0v) is 15.2. The molecule has 0 saturated heterocycles. The fourth-order valence-electron chi connectivity index (χ4n) is 3.02. The van der Waals surface area contributed by atoms with Crippen molar-refractivity contribution in [2.45, 2.75) is 34.1 Å². The van der Waals surface area contributed by atoms with E-state index in [1.54, 1.807) is 35.9 Å². The number of aromatic nitrogens is 1. The van der Waals surface area contributed by atoms with Gasteiger partial charge in [-0.1, -0.05) is 52.0 Å². The Morgan fingerprint density at radius 2 is 1.76 bits per heavy atom. The molecule has 0 amide bonds. The van der Waals surface area contributed by atoms with Crippen molar-refractivity contribution in [3.63, 3.8) is 0 Å². The van der Waals surface area contributed by atoms with Gasteiger partial charge in [0.1, 0.15) is 11.8 Å². The molecule has 1 aromatic heterocycles. The molecule has 0 radical (unpaired) electrons. The smallest absolute Gasteiger partial charge is 0.353 e. The van der Waals surface area contributed by atoms with Gasteiger partial charge in [-0.15, -0.1) is 0 Å². The lowest BCUT2D eigenvalue weighted by Gasteiger charge is -2.16. The third kappa shape index (κ3) is 3.20. The number of carboxylic acids is 1. The van der Waals surface area contributed by atoms with Crippen LogP contribution in [-0.2, 0) is 13.5 Å². The largest absolute Gasteiger partial charge is 0.477 e. The molecule has 2 rings (SSSR count). The molecule has 0 aliphatic rings. The van der Waals surface area contributed by atoms with Crippen molar-refractivity contribution < 1.29 is 14.7 Å². The fourth-order valence-corrected chi connectivity index (χ4v) is 3.02. The molecule has 1 heterocycles. The van der Waals surface area contributed by atoms with E-state index in [0.717, 1.165) is 0 Å². The molecule has 1 N–H and O–H groups in total. The minimum atomic E-state index is -1.08. The lowest BCUT2D eigenvalue weighted by molar-refractivity contribution is 0.0686. The van der Waals surface area contributed by atoms with E-state index in [1.165, 1.54) is 0 Å². The summed E-state index contributed by atoms with van der Waals surface area (Å²) in [7, 11) is 1.66. The number of rotatable bonds is 4. The van der Waals surface area contributed by atoms with Crippen LogP contribution in [-0.4, -0.2) is 21.4 Å². The molecule has 0 bridgehead atoms. The molecule has 0 fully saturated rings. The summed E-state index contributed by atoms with van der Waals surface area (Å²) >= 11 is 0. The van der Waals surface area contributed by atoms with Gasteiger partial charge < -0.3 is 9.67 Å². The third-order valence-corrected chi connectivity index (χ3v) is 4.28. The average Bonchev–Trinajstić information content (AvgIpc) is 2.85. The summed E-state index contributed by atoms with van der Waals surface area (Å²) in [5, 5.41) is 19.2. The summed E-state index contributed by atoms with van der Waals surface area (Å²) in [5.74, 6) is -1.07. The topological polar surface area (TPSA) is 83.1 Å². The number of Topliss-reactive ketones (excluding diaryl/α,β-unsaturated/α-hetero) is 1. The molecule has 5 nitrogen and oxygen atoms in total. The van der Waals surface area contributed by atoms with Crippen LogP contribution in [0.25, 0.3) is 11.1 Å². The zero-order valence-electron chi connectivity index (χ0n) is 15.2. The van der Waals surface area contributed by atoms with E-state index in [0.29, 0.717) is 34.4 Å². The summed E-state index contributed by atoms with van der Waals surface area (Å²) in [6.45, 7) is 7.44. The highest BCUT2D eigenvalue weighted by molar-refractivity contribution is 6.01. The van der Waals surface area contributed by atoms with Gasteiger partial charge in [-0.05, 0) is 12.0 Å². The number of benzene rings is 1. The first-order chi connectivity index (χ1) is 11.6. The summed E-state index contributed by atoms with van der Waals surface area (Å²) in [6.07, 6.45) is 0.556. The van der Waals surface area contributed by atoms with Crippen LogP contribution in [0, 0.1) is 16.7 Å². The molecule has 25 heavy (non-hydrogen) atoms. The van der Waals surface area contributed by atoms with E-state index in [-0.39, 0.29) is 11.5 Å². The molecule has 1 aromatic carbocycles. The van der Waals surface area contributed by atoms with Crippen molar-refractivity contribution in [2.24, 2.45) is 12.5 Å². The second kappa shape index (κ2) is 6.56. The van der Waals surface area contributed by atoms with Crippen LogP contribution < -0.4 is 0 Å². The number of hydrogen-bond acceptors (Lipinski definition) is 3. The number of nitriles is 1. The van der Waals surface area contributed by atoms with Crippen LogP contribution in [0.3, 0.4) is 0 Å². The Balaban J connectivity index is 2.65. The monoisotopic (exact) mass is 338 g/mol. The van der Waals surface area contributed by atoms with Crippen molar-refractivity contribution in [3.8, 4) is 17.2 Å². The number of carboxylic acid groups (broad SMARTS) is 1. The maximum atomic E-state index is 12.4. The van der Waals surface area contributed by atoms with E-state index in [4.69, 9.17) is 0 Å². The van der Waals surface area contributed by atoms with Crippen LogP contribution in [0.1, 0.15) is 59.8 Å². The Hall–Kier alpha value is -2.87. The molecule has 0 spiro atoms. The second-order valence-corrected chi connectivity index (χ2v) is 7.03. The molecule has 0 unspecified atom stereocenters. The standard InChI is InChI=1S/C20H22N2O3/c1-6-15-14(11-21)16(17(19(24)25)22(15)5)12-7-9-13(10-8-12)18(23)20(2,3)4/h7-10H,6H2,1-5H3,(H,24,25).